The summed E-state index contributed by atoms with van der Waals surface area (Å²) in [5, 5.41) is 10.1. The topological polar surface area (TPSA) is 37.3 Å². The van der Waals surface area contributed by atoms with Gasteiger partial charge in [-0.05, 0) is 37.3 Å². The Morgan fingerprint density at radius 2 is 2.24 bits per heavy atom. The predicted molar refractivity (Wildman–Crippen MR) is 89.0 cm³/mol. The van der Waals surface area contributed by atoms with E-state index in [1.54, 1.807) is 6.08 Å². The van der Waals surface area contributed by atoms with Gasteiger partial charge in [0.2, 0.25) is 0 Å². The molecule has 1 aliphatic rings. The molecule has 0 saturated heterocycles. The third kappa shape index (κ3) is 6.54. The Morgan fingerprint density at radius 3 is 2.76 bits per heavy atom. The normalized spacial score (nSPS) is 22.4. The first-order valence-electron chi connectivity index (χ1n) is 7.59. The molecule has 0 aliphatic heterocycles. The average molecular weight is 286 g/mol. The molecule has 1 rings (SSSR count). The van der Waals surface area contributed by atoms with Gasteiger partial charge < -0.3 is 5.11 Å². The van der Waals surface area contributed by atoms with Gasteiger partial charge >= 0.3 is 0 Å². The van der Waals surface area contributed by atoms with Crippen molar-refractivity contribution in [3.63, 3.8) is 0 Å². The Morgan fingerprint density at radius 1 is 1.48 bits per heavy atom. The van der Waals surface area contributed by atoms with Crippen molar-refractivity contribution in [1.82, 2.24) is 0 Å². The van der Waals surface area contributed by atoms with Gasteiger partial charge in [-0.3, -0.25) is 4.79 Å². The lowest BCUT2D eigenvalue weighted by atomic mass is 10.0. The van der Waals surface area contributed by atoms with Crippen LogP contribution in [0.25, 0.3) is 0 Å². The van der Waals surface area contributed by atoms with Crippen LogP contribution in [0.3, 0.4) is 0 Å². The standard InChI is InChI=1S/C19H26O2/c1-4-7-15(5-2)12-16(6-3)13-18(20)10-8-17-9-11-19(21)14-17/h4-8,10,12,17-18,20H,2,9,11,13-14H2,1,3H3/b7-4-,10-8+,15-12+,16-6+/t17-,18?/m0/s1. The van der Waals surface area contributed by atoms with Crippen molar-refractivity contribution < 1.29 is 9.90 Å². The third-order valence-corrected chi connectivity index (χ3v) is 3.65. The molecule has 0 amide bonds. The number of rotatable bonds is 7. The Bertz CT molecular complexity index is 478. The summed E-state index contributed by atoms with van der Waals surface area (Å²) in [5.41, 5.74) is 2.10. The van der Waals surface area contributed by atoms with Crippen LogP contribution in [0.5, 0.6) is 0 Å². The first kappa shape index (κ1) is 17.4. The maximum Gasteiger partial charge on any atom is 0.133 e. The van der Waals surface area contributed by atoms with Crippen LogP contribution in [0.1, 0.15) is 39.5 Å². The zero-order valence-electron chi connectivity index (χ0n) is 13.1. The molecule has 0 spiro atoms. The summed E-state index contributed by atoms with van der Waals surface area (Å²) < 4.78 is 0. The zero-order valence-corrected chi connectivity index (χ0v) is 13.1. The van der Waals surface area contributed by atoms with Crippen LogP contribution in [0, 0.1) is 5.92 Å². The third-order valence-electron chi connectivity index (χ3n) is 3.65. The molecule has 21 heavy (non-hydrogen) atoms. The number of allylic oxidation sites excluding steroid dienone is 7. The number of aliphatic hydroxyl groups is 1. The molecule has 1 unspecified atom stereocenters. The van der Waals surface area contributed by atoms with Gasteiger partial charge in [-0.15, -0.1) is 0 Å². The molecule has 1 N–H and O–H groups in total. The monoisotopic (exact) mass is 286 g/mol. The van der Waals surface area contributed by atoms with Gasteiger partial charge in [0.25, 0.3) is 0 Å². The number of aliphatic hydroxyl groups excluding tert-OH is 1. The van der Waals surface area contributed by atoms with E-state index in [1.807, 2.05) is 50.3 Å². The molecule has 2 atom stereocenters. The van der Waals surface area contributed by atoms with Gasteiger partial charge in [0.1, 0.15) is 5.78 Å². The van der Waals surface area contributed by atoms with Gasteiger partial charge in [-0.2, -0.15) is 0 Å². The fraction of sp³-hybridized carbons (Fsp3) is 0.421. The van der Waals surface area contributed by atoms with Crippen molar-refractivity contribution in [3.05, 3.63) is 60.3 Å². The van der Waals surface area contributed by atoms with E-state index in [4.69, 9.17) is 0 Å². The predicted octanol–water partition coefficient (Wildman–Crippen LogP) is 4.30. The van der Waals surface area contributed by atoms with Crippen molar-refractivity contribution in [3.8, 4) is 0 Å². The second kappa shape index (κ2) is 9.30. The highest BCUT2D eigenvalue weighted by molar-refractivity contribution is 5.80. The molecule has 0 bridgehead atoms. The molecule has 0 radical (unpaired) electrons. The van der Waals surface area contributed by atoms with Crippen molar-refractivity contribution >= 4 is 5.78 Å². The molecule has 1 fully saturated rings. The fourth-order valence-corrected chi connectivity index (χ4v) is 2.44. The fourth-order valence-electron chi connectivity index (χ4n) is 2.44. The summed E-state index contributed by atoms with van der Waals surface area (Å²) >= 11 is 0. The van der Waals surface area contributed by atoms with Crippen LogP contribution < -0.4 is 0 Å². The van der Waals surface area contributed by atoms with E-state index < -0.39 is 6.10 Å². The van der Waals surface area contributed by atoms with Crippen molar-refractivity contribution in [2.24, 2.45) is 5.92 Å². The minimum Gasteiger partial charge on any atom is -0.389 e. The lowest BCUT2D eigenvalue weighted by Crippen LogP contribution is -2.04. The van der Waals surface area contributed by atoms with Crippen molar-refractivity contribution in [2.45, 2.75) is 45.6 Å². The molecular weight excluding hydrogens is 260 g/mol. The van der Waals surface area contributed by atoms with E-state index >= 15 is 0 Å². The minimum atomic E-state index is -0.514. The summed E-state index contributed by atoms with van der Waals surface area (Å²) in [6.07, 6.45) is 15.9. The van der Waals surface area contributed by atoms with E-state index in [0.717, 1.165) is 17.6 Å². The summed E-state index contributed by atoms with van der Waals surface area (Å²) in [7, 11) is 0. The first-order valence-corrected chi connectivity index (χ1v) is 7.59. The molecule has 0 heterocycles. The van der Waals surface area contributed by atoms with Crippen LogP contribution in [0.15, 0.2) is 60.3 Å². The smallest absolute Gasteiger partial charge is 0.133 e. The molecule has 0 aromatic heterocycles. The Labute approximate surface area is 128 Å². The Balaban J connectivity index is 2.58. The van der Waals surface area contributed by atoms with Gasteiger partial charge in [0, 0.05) is 19.3 Å². The lowest BCUT2D eigenvalue weighted by molar-refractivity contribution is -0.117. The SMILES string of the molecule is C=CC(/C=C\C)=C\C(=C/C)CC(O)/C=C/[C@H]1CCC(=O)C1. The van der Waals surface area contributed by atoms with Crippen LogP contribution in [-0.4, -0.2) is 17.0 Å². The second-order valence-corrected chi connectivity index (χ2v) is 5.41. The van der Waals surface area contributed by atoms with Crippen LogP contribution in [-0.2, 0) is 4.79 Å². The number of carbonyl (C=O) groups excluding carboxylic acids is 1. The van der Waals surface area contributed by atoms with E-state index in [0.29, 0.717) is 31.0 Å². The molecule has 1 saturated carbocycles. The Kier molecular flexibility index (Phi) is 7.70. The molecule has 114 valence electrons. The number of carbonyl (C=O) groups is 1. The lowest BCUT2D eigenvalue weighted by Gasteiger charge is -2.08. The molecule has 2 nitrogen and oxygen atoms in total. The average Bonchev–Trinajstić information content (AvgIpc) is 2.89. The summed E-state index contributed by atoms with van der Waals surface area (Å²) in [5.74, 6) is 0.640. The maximum absolute atomic E-state index is 11.2. The maximum atomic E-state index is 11.2. The summed E-state index contributed by atoms with van der Waals surface area (Å²) in [6, 6.07) is 0. The van der Waals surface area contributed by atoms with E-state index in [-0.39, 0.29) is 0 Å². The second-order valence-electron chi connectivity index (χ2n) is 5.41. The largest absolute Gasteiger partial charge is 0.389 e. The van der Waals surface area contributed by atoms with Gasteiger partial charge in [-0.25, -0.2) is 0 Å². The van der Waals surface area contributed by atoms with E-state index in [1.165, 1.54) is 0 Å². The van der Waals surface area contributed by atoms with E-state index in [9.17, 15) is 9.90 Å². The van der Waals surface area contributed by atoms with Crippen LogP contribution >= 0.6 is 0 Å². The van der Waals surface area contributed by atoms with E-state index in [2.05, 4.69) is 6.58 Å². The van der Waals surface area contributed by atoms with Crippen LogP contribution in [0.2, 0.25) is 0 Å². The molecule has 0 aromatic carbocycles. The number of Topliss-reactive ketones (excluding diaryl/α,β-unsaturated/α-hetero) is 1. The highest BCUT2D eigenvalue weighted by atomic mass is 16.3. The van der Waals surface area contributed by atoms with Crippen molar-refractivity contribution in [1.29, 1.82) is 0 Å². The van der Waals surface area contributed by atoms with Crippen LogP contribution in [0.4, 0.5) is 0 Å². The highest BCUT2D eigenvalue weighted by Crippen LogP contribution is 2.23. The van der Waals surface area contributed by atoms with Gasteiger partial charge in [0.05, 0.1) is 6.10 Å². The molecule has 0 aromatic rings. The Hall–Kier alpha value is -1.67. The minimum absolute atomic E-state index is 0.309. The van der Waals surface area contributed by atoms with Gasteiger partial charge in [-0.1, -0.05) is 49.1 Å². The molecular formula is C19H26O2. The summed E-state index contributed by atoms with van der Waals surface area (Å²) in [4.78, 5) is 11.2. The number of hydrogen-bond acceptors (Lipinski definition) is 2. The number of ketones is 1. The highest BCUT2D eigenvalue weighted by Gasteiger charge is 2.19. The number of hydrogen-bond donors (Lipinski definition) is 1. The van der Waals surface area contributed by atoms with Crippen molar-refractivity contribution in [2.75, 3.05) is 0 Å². The zero-order chi connectivity index (χ0) is 15.7. The molecule has 2 heteroatoms. The molecule has 1 aliphatic carbocycles. The van der Waals surface area contributed by atoms with Gasteiger partial charge in [0.15, 0.2) is 0 Å². The summed E-state index contributed by atoms with van der Waals surface area (Å²) in [6.45, 7) is 7.72. The first-order chi connectivity index (χ1) is 10.1. The quantitative estimate of drug-likeness (QED) is 0.559.